The van der Waals surface area contributed by atoms with Gasteiger partial charge in [-0.3, -0.25) is 9.74 Å². The molecule has 0 aromatic heterocycles. The molecule has 4 heteroatoms. The summed E-state index contributed by atoms with van der Waals surface area (Å²) in [5, 5.41) is 2.09. The second-order valence-corrected chi connectivity index (χ2v) is 8.23. The van der Waals surface area contributed by atoms with Crippen LogP contribution in [0.5, 0.6) is 0 Å². The summed E-state index contributed by atoms with van der Waals surface area (Å²) < 4.78 is 5.86. The van der Waals surface area contributed by atoms with E-state index in [1.165, 1.54) is 16.7 Å². The van der Waals surface area contributed by atoms with Crippen molar-refractivity contribution in [3.05, 3.63) is 120 Å². The molecule has 3 aromatic carbocycles. The van der Waals surface area contributed by atoms with Crippen LogP contribution < -0.4 is 0 Å². The Morgan fingerprint density at radius 1 is 0.844 bits per heavy atom. The van der Waals surface area contributed by atoms with E-state index in [9.17, 15) is 0 Å². The molecule has 0 bridgehead atoms. The van der Waals surface area contributed by atoms with E-state index < -0.39 is 0 Å². The Bertz CT molecular complexity index is 935. The monoisotopic (exact) mass is 428 g/mol. The van der Waals surface area contributed by atoms with Crippen molar-refractivity contribution in [1.29, 1.82) is 0 Å². The Balaban J connectivity index is 1.62. The third-order valence-electron chi connectivity index (χ3n) is 6.03. The van der Waals surface area contributed by atoms with Crippen LogP contribution in [0.3, 0.4) is 0 Å². The van der Waals surface area contributed by atoms with E-state index in [4.69, 9.17) is 9.57 Å². The van der Waals surface area contributed by atoms with E-state index in [-0.39, 0.29) is 12.1 Å². The van der Waals surface area contributed by atoms with Gasteiger partial charge >= 0.3 is 0 Å². The van der Waals surface area contributed by atoms with Crippen LogP contribution in [0.2, 0.25) is 0 Å². The highest BCUT2D eigenvalue weighted by atomic mass is 16.7. The number of nitrogens with zero attached hydrogens (tertiary/aromatic N) is 2. The topological polar surface area (TPSA) is 24.9 Å². The molecule has 0 amide bonds. The molecule has 0 saturated carbocycles. The van der Waals surface area contributed by atoms with Crippen molar-refractivity contribution in [3.63, 3.8) is 0 Å². The van der Waals surface area contributed by atoms with E-state index >= 15 is 0 Å². The van der Waals surface area contributed by atoms with Gasteiger partial charge in [0.15, 0.2) is 0 Å². The molecule has 0 N–H and O–H groups in total. The minimum Gasteiger partial charge on any atom is -0.500 e. The third-order valence-corrected chi connectivity index (χ3v) is 6.03. The fourth-order valence-electron chi connectivity index (χ4n) is 4.33. The lowest BCUT2D eigenvalue weighted by molar-refractivity contribution is -0.206. The highest BCUT2D eigenvalue weighted by Gasteiger charge is 2.36. The minimum absolute atomic E-state index is 0.0126. The summed E-state index contributed by atoms with van der Waals surface area (Å²) in [6.07, 6.45) is 2.06. The van der Waals surface area contributed by atoms with Crippen molar-refractivity contribution < 1.29 is 9.57 Å². The number of hydrogen-bond acceptors (Lipinski definition) is 4. The largest absolute Gasteiger partial charge is 0.500 e. The lowest BCUT2D eigenvalue weighted by atomic mass is 10.0. The average Bonchev–Trinajstić information content (AvgIpc) is 2.85. The first-order chi connectivity index (χ1) is 15.7. The summed E-state index contributed by atoms with van der Waals surface area (Å²) in [7, 11) is 1.76. The third kappa shape index (κ3) is 5.65. The van der Waals surface area contributed by atoms with Gasteiger partial charge < -0.3 is 4.74 Å². The van der Waals surface area contributed by atoms with Gasteiger partial charge in [-0.2, -0.15) is 5.06 Å². The van der Waals surface area contributed by atoms with E-state index in [2.05, 4.69) is 108 Å². The number of rotatable bonds is 9. The van der Waals surface area contributed by atoms with E-state index in [0.717, 1.165) is 18.8 Å². The summed E-state index contributed by atoms with van der Waals surface area (Å²) in [5.74, 6) is 0.964. The van der Waals surface area contributed by atoms with Gasteiger partial charge in [-0.25, -0.2) is 0 Å². The zero-order valence-electron chi connectivity index (χ0n) is 18.9. The quantitative estimate of drug-likeness (QED) is 0.454. The molecule has 3 aromatic rings. The molecule has 0 saturated heterocycles. The maximum absolute atomic E-state index is 6.15. The molecule has 166 valence electrons. The Morgan fingerprint density at radius 3 is 1.84 bits per heavy atom. The number of ether oxygens (including phenoxy) is 1. The van der Waals surface area contributed by atoms with E-state index in [1.54, 1.807) is 7.11 Å². The van der Waals surface area contributed by atoms with Gasteiger partial charge in [0, 0.05) is 25.7 Å². The van der Waals surface area contributed by atoms with Crippen LogP contribution in [0.4, 0.5) is 0 Å². The summed E-state index contributed by atoms with van der Waals surface area (Å²) in [6, 6.07) is 31.9. The van der Waals surface area contributed by atoms with Gasteiger partial charge in [0.2, 0.25) is 0 Å². The number of methoxy groups -OCH3 is 1. The molecule has 0 aliphatic carbocycles. The first-order valence-electron chi connectivity index (χ1n) is 11.2. The zero-order chi connectivity index (χ0) is 22.2. The molecule has 1 aliphatic rings. The minimum atomic E-state index is -0.0126. The van der Waals surface area contributed by atoms with Crippen LogP contribution in [0.15, 0.2) is 103 Å². The summed E-state index contributed by atoms with van der Waals surface area (Å²) >= 11 is 0. The molecule has 1 aliphatic heterocycles. The lowest BCUT2D eigenvalue weighted by Gasteiger charge is -2.42. The Hall–Kier alpha value is -2.92. The molecule has 32 heavy (non-hydrogen) atoms. The Kier molecular flexibility index (Phi) is 7.73. The van der Waals surface area contributed by atoms with Gasteiger partial charge in [0.05, 0.1) is 13.7 Å². The molecule has 0 unspecified atom stereocenters. The van der Waals surface area contributed by atoms with Crippen LogP contribution in [0.1, 0.15) is 23.6 Å². The van der Waals surface area contributed by atoms with Crippen LogP contribution in [-0.4, -0.2) is 35.8 Å². The van der Waals surface area contributed by atoms with Crippen molar-refractivity contribution in [3.8, 4) is 0 Å². The Labute approximate surface area is 191 Å². The summed E-state index contributed by atoms with van der Waals surface area (Å²) in [5.41, 5.74) is 3.81. The molecular formula is C28H32N2O2. The van der Waals surface area contributed by atoms with E-state index in [0.29, 0.717) is 13.2 Å². The van der Waals surface area contributed by atoms with Crippen LogP contribution >= 0.6 is 0 Å². The fourth-order valence-corrected chi connectivity index (χ4v) is 4.33. The van der Waals surface area contributed by atoms with Gasteiger partial charge in [-0.05, 0) is 29.7 Å². The molecule has 0 radical (unpaired) electrons. The molecule has 4 rings (SSSR count). The molecule has 1 heterocycles. The van der Waals surface area contributed by atoms with Crippen molar-refractivity contribution in [2.24, 2.45) is 0 Å². The van der Waals surface area contributed by atoms with Crippen molar-refractivity contribution in [2.75, 3.05) is 13.7 Å². The fraction of sp³-hybridized carbons (Fsp3) is 0.286. The first kappa shape index (κ1) is 22.3. The summed E-state index contributed by atoms with van der Waals surface area (Å²) in [4.78, 5) is 8.66. The SMILES string of the molecule is COC1=CCON(Cc2ccccc2)[C@@H]1[C@H](C)N(Cc1ccccc1)Cc1ccccc1. The van der Waals surface area contributed by atoms with E-state index in [1.807, 2.05) is 6.07 Å². The predicted molar refractivity (Wildman–Crippen MR) is 128 cm³/mol. The molecule has 0 spiro atoms. The molecule has 0 fully saturated rings. The van der Waals surface area contributed by atoms with Crippen molar-refractivity contribution in [1.82, 2.24) is 9.96 Å². The van der Waals surface area contributed by atoms with Gasteiger partial charge in [0.25, 0.3) is 0 Å². The lowest BCUT2D eigenvalue weighted by Crippen LogP contribution is -2.52. The maximum atomic E-state index is 6.15. The first-order valence-corrected chi connectivity index (χ1v) is 11.2. The molecule has 4 nitrogen and oxygen atoms in total. The number of hydroxylamine groups is 2. The zero-order valence-corrected chi connectivity index (χ0v) is 18.9. The summed E-state index contributed by atoms with van der Waals surface area (Å²) in [6.45, 7) is 5.21. The van der Waals surface area contributed by atoms with Gasteiger partial charge in [-0.15, -0.1) is 0 Å². The second-order valence-electron chi connectivity index (χ2n) is 8.23. The number of hydrogen-bond donors (Lipinski definition) is 0. The highest BCUT2D eigenvalue weighted by Crippen LogP contribution is 2.27. The van der Waals surface area contributed by atoms with Crippen molar-refractivity contribution >= 4 is 0 Å². The maximum Gasteiger partial charge on any atom is 0.115 e. The molecular weight excluding hydrogens is 396 g/mol. The average molecular weight is 429 g/mol. The standard InChI is InChI=1S/C28H32N2O2/c1-23(28-27(31-2)18-19-32-30(28)22-26-16-10-5-11-17-26)29(20-24-12-6-3-7-13-24)21-25-14-8-4-9-15-25/h3-18,23,28H,19-22H2,1-2H3/t23-,28+/m0/s1. The highest BCUT2D eigenvalue weighted by molar-refractivity contribution is 5.20. The normalized spacial score (nSPS) is 17.7. The number of benzene rings is 3. The van der Waals surface area contributed by atoms with Crippen LogP contribution in [0.25, 0.3) is 0 Å². The van der Waals surface area contributed by atoms with Gasteiger partial charge in [-0.1, -0.05) is 91.0 Å². The smallest absolute Gasteiger partial charge is 0.115 e. The Morgan fingerprint density at radius 2 is 1.34 bits per heavy atom. The van der Waals surface area contributed by atoms with Crippen LogP contribution in [0, 0.1) is 0 Å². The van der Waals surface area contributed by atoms with Crippen molar-refractivity contribution in [2.45, 2.75) is 38.6 Å². The second kappa shape index (κ2) is 11.1. The van der Waals surface area contributed by atoms with Gasteiger partial charge in [0.1, 0.15) is 11.8 Å². The predicted octanol–water partition coefficient (Wildman–Crippen LogP) is 5.42. The van der Waals surface area contributed by atoms with Crippen LogP contribution in [-0.2, 0) is 29.2 Å². The molecule has 2 atom stereocenters.